The summed E-state index contributed by atoms with van der Waals surface area (Å²) < 4.78 is 15.2. The number of hydrogen-bond acceptors (Lipinski definition) is 4. The molecular formula is C16H18FN3OS. The van der Waals surface area contributed by atoms with Crippen LogP contribution in [0.3, 0.4) is 0 Å². The summed E-state index contributed by atoms with van der Waals surface area (Å²) in [5.74, 6) is -0.146. The van der Waals surface area contributed by atoms with E-state index in [1.165, 1.54) is 11.3 Å². The standard InChI is InChI=1S/C16H18FN3OS/c17-16(13-5-2-1-3-6-13)7-4-9-20(12-16)11-14(21)19-15-18-8-10-22-15/h1-3,5-6,8,10H,4,7,9,11-12H2,(H,18,19,21). The van der Waals surface area contributed by atoms with Crippen LogP contribution in [0.4, 0.5) is 9.52 Å². The molecule has 0 radical (unpaired) electrons. The molecule has 1 amide bonds. The first-order chi connectivity index (χ1) is 10.7. The van der Waals surface area contributed by atoms with Gasteiger partial charge in [0.15, 0.2) is 5.13 Å². The Morgan fingerprint density at radius 1 is 1.41 bits per heavy atom. The fourth-order valence-corrected chi connectivity index (χ4v) is 3.39. The monoisotopic (exact) mass is 319 g/mol. The second-order valence-electron chi connectivity index (χ2n) is 5.53. The van der Waals surface area contributed by atoms with Crippen molar-refractivity contribution in [2.24, 2.45) is 0 Å². The molecule has 3 rings (SSSR count). The number of alkyl halides is 1. The number of benzene rings is 1. The zero-order valence-electron chi connectivity index (χ0n) is 12.2. The topological polar surface area (TPSA) is 45.2 Å². The third-order valence-corrected chi connectivity index (χ3v) is 4.55. The lowest BCUT2D eigenvalue weighted by atomic mass is 9.87. The third-order valence-electron chi connectivity index (χ3n) is 3.86. The largest absolute Gasteiger partial charge is 0.301 e. The van der Waals surface area contributed by atoms with Crippen molar-refractivity contribution in [1.29, 1.82) is 0 Å². The molecule has 1 saturated heterocycles. The van der Waals surface area contributed by atoms with Gasteiger partial charge in [-0.15, -0.1) is 11.3 Å². The number of likely N-dealkylation sites (tertiary alicyclic amines) is 1. The van der Waals surface area contributed by atoms with Gasteiger partial charge in [-0.2, -0.15) is 0 Å². The Morgan fingerprint density at radius 2 is 2.23 bits per heavy atom. The maximum atomic E-state index is 15.2. The Labute approximate surface area is 133 Å². The molecule has 116 valence electrons. The highest BCUT2D eigenvalue weighted by Crippen LogP contribution is 2.35. The highest BCUT2D eigenvalue weighted by atomic mass is 32.1. The molecule has 22 heavy (non-hydrogen) atoms. The number of carbonyl (C=O) groups excluding carboxylic acids is 1. The van der Waals surface area contributed by atoms with Gasteiger partial charge in [-0.05, 0) is 24.9 Å². The van der Waals surface area contributed by atoms with E-state index in [4.69, 9.17) is 0 Å². The molecular weight excluding hydrogens is 301 g/mol. The Kier molecular flexibility index (Phi) is 4.49. The Hall–Kier alpha value is -1.79. The number of rotatable bonds is 4. The van der Waals surface area contributed by atoms with E-state index in [0.29, 0.717) is 17.1 Å². The van der Waals surface area contributed by atoms with Crippen LogP contribution in [-0.2, 0) is 10.5 Å². The highest BCUT2D eigenvalue weighted by Gasteiger charge is 2.37. The number of halogens is 1. The molecule has 0 spiro atoms. The Morgan fingerprint density at radius 3 is 2.95 bits per heavy atom. The van der Waals surface area contributed by atoms with Gasteiger partial charge in [0.2, 0.25) is 5.91 Å². The minimum atomic E-state index is -1.37. The molecule has 1 atom stereocenters. The van der Waals surface area contributed by atoms with E-state index in [0.717, 1.165) is 13.0 Å². The molecule has 1 N–H and O–H groups in total. The van der Waals surface area contributed by atoms with Crippen LogP contribution in [0.2, 0.25) is 0 Å². The Bertz CT molecular complexity index is 620. The van der Waals surface area contributed by atoms with Crippen molar-refractivity contribution in [3.8, 4) is 0 Å². The average Bonchev–Trinajstić information content (AvgIpc) is 3.01. The predicted octanol–water partition coefficient (Wildman–Crippen LogP) is 3.04. The summed E-state index contributed by atoms with van der Waals surface area (Å²) in [5, 5.41) is 5.12. The molecule has 1 fully saturated rings. The number of piperidine rings is 1. The lowest BCUT2D eigenvalue weighted by Crippen LogP contribution is -2.46. The van der Waals surface area contributed by atoms with E-state index in [1.54, 1.807) is 11.6 Å². The van der Waals surface area contributed by atoms with Crippen molar-refractivity contribution in [1.82, 2.24) is 9.88 Å². The first-order valence-corrected chi connectivity index (χ1v) is 8.20. The van der Waals surface area contributed by atoms with Crippen LogP contribution in [0.1, 0.15) is 18.4 Å². The number of amides is 1. The van der Waals surface area contributed by atoms with Crippen molar-refractivity contribution >= 4 is 22.4 Å². The van der Waals surface area contributed by atoms with Crippen molar-refractivity contribution in [3.05, 3.63) is 47.5 Å². The number of nitrogens with one attached hydrogen (secondary N) is 1. The van der Waals surface area contributed by atoms with Crippen LogP contribution in [0, 0.1) is 0 Å². The van der Waals surface area contributed by atoms with Crippen LogP contribution in [0.5, 0.6) is 0 Å². The molecule has 2 heterocycles. The second-order valence-corrected chi connectivity index (χ2v) is 6.43. The molecule has 2 aromatic rings. The molecule has 1 aliphatic rings. The first kappa shape index (κ1) is 15.1. The zero-order chi connectivity index (χ0) is 15.4. The van der Waals surface area contributed by atoms with Crippen molar-refractivity contribution in [2.75, 3.05) is 25.0 Å². The van der Waals surface area contributed by atoms with Crippen molar-refractivity contribution in [2.45, 2.75) is 18.5 Å². The van der Waals surface area contributed by atoms with E-state index in [1.807, 2.05) is 35.2 Å². The van der Waals surface area contributed by atoms with Gasteiger partial charge in [0.1, 0.15) is 5.67 Å². The average molecular weight is 319 g/mol. The number of nitrogens with zero attached hydrogens (tertiary/aromatic N) is 2. The number of thiazole rings is 1. The summed E-state index contributed by atoms with van der Waals surface area (Å²) >= 11 is 1.37. The van der Waals surface area contributed by atoms with Gasteiger partial charge < -0.3 is 5.32 Å². The van der Waals surface area contributed by atoms with Crippen LogP contribution in [-0.4, -0.2) is 35.4 Å². The van der Waals surface area contributed by atoms with Gasteiger partial charge in [0, 0.05) is 18.1 Å². The number of aromatic nitrogens is 1. The summed E-state index contributed by atoms with van der Waals surface area (Å²) in [7, 11) is 0. The van der Waals surface area contributed by atoms with E-state index < -0.39 is 5.67 Å². The normalized spacial score (nSPS) is 22.4. The van der Waals surface area contributed by atoms with Gasteiger partial charge in [0.25, 0.3) is 0 Å². The van der Waals surface area contributed by atoms with Gasteiger partial charge in [-0.25, -0.2) is 9.37 Å². The van der Waals surface area contributed by atoms with Crippen molar-refractivity contribution < 1.29 is 9.18 Å². The maximum Gasteiger partial charge on any atom is 0.240 e. The molecule has 6 heteroatoms. The number of carbonyl (C=O) groups is 1. The highest BCUT2D eigenvalue weighted by molar-refractivity contribution is 7.13. The van der Waals surface area contributed by atoms with E-state index in [9.17, 15) is 4.79 Å². The van der Waals surface area contributed by atoms with Crippen molar-refractivity contribution in [3.63, 3.8) is 0 Å². The third kappa shape index (κ3) is 3.51. The lowest BCUT2D eigenvalue weighted by Gasteiger charge is -2.37. The van der Waals surface area contributed by atoms with Crippen LogP contribution >= 0.6 is 11.3 Å². The van der Waals surface area contributed by atoms with E-state index >= 15 is 4.39 Å². The summed E-state index contributed by atoms with van der Waals surface area (Å²) in [4.78, 5) is 17.9. The summed E-state index contributed by atoms with van der Waals surface area (Å²) in [6.45, 7) is 1.18. The van der Waals surface area contributed by atoms with E-state index in [2.05, 4.69) is 10.3 Å². The fraction of sp³-hybridized carbons (Fsp3) is 0.375. The molecule has 1 aliphatic heterocycles. The molecule has 4 nitrogen and oxygen atoms in total. The SMILES string of the molecule is O=C(CN1CCCC(F)(c2ccccc2)C1)Nc1nccs1. The van der Waals surface area contributed by atoms with Crippen LogP contribution in [0.15, 0.2) is 41.9 Å². The number of hydrogen-bond donors (Lipinski definition) is 1. The first-order valence-electron chi connectivity index (χ1n) is 7.32. The minimum Gasteiger partial charge on any atom is -0.301 e. The van der Waals surface area contributed by atoms with Crippen LogP contribution < -0.4 is 5.32 Å². The zero-order valence-corrected chi connectivity index (χ0v) is 13.0. The van der Waals surface area contributed by atoms with Gasteiger partial charge in [-0.1, -0.05) is 30.3 Å². The molecule has 0 aliphatic carbocycles. The molecule has 1 unspecified atom stereocenters. The summed E-state index contributed by atoms with van der Waals surface area (Å²) in [5.41, 5.74) is -0.680. The second kappa shape index (κ2) is 6.54. The van der Waals surface area contributed by atoms with Crippen LogP contribution in [0.25, 0.3) is 0 Å². The quantitative estimate of drug-likeness (QED) is 0.942. The van der Waals surface area contributed by atoms with Gasteiger partial charge in [-0.3, -0.25) is 9.69 Å². The minimum absolute atomic E-state index is 0.146. The number of anilines is 1. The fourth-order valence-electron chi connectivity index (χ4n) is 2.85. The molecule has 1 aromatic heterocycles. The molecule has 0 saturated carbocycles. The maximum absolute atomic E-state index is 15.2. The van der Waals surface area contributed by atoms with Gasteiger partial charge >= 0.3 is 0 Å². The smallest absolute Gasteiger partial charge is 0.240 e. The summed E-state index contributed by atoms with van der Waals surface area (Å²) in [6.07, 6.45) is 2.89. The lowest BCUT2D eigenvalue weighted by molar-refractivity contribution is -0.118. The Balaban J connectivity index is 1.62. The predicted molar refractivity (Wildman–Crippen MR) is 85.6 cm³/mol. The van der Waals surface area contributed by atoms with Gasteiger partial charge in [0.05, 0.1) is 6.54 Å². The summed E-state index contributed by atoms with van der Waals surface area (Å²) in [6, 6.07) is 9.22. The van der Waals surface area contributed by atoms with E-state index in [-0.39, 0.29) is 19.0 Å². The molecule has 1 aromatic carbocycles. The molecule has 0 bridgehead atoms.